The number of esters is 1. The summed E-state index contributed by atoms with van der Waals surface area (Å²) in [6, 6.07) is 3.58. The number of anilines is 1. The first kappa shape index (κ1) is 14.4. The number of carbonyl (C=O) groups excluding carboxylic acids is 1. The summed E-state index contributed by atoms with van der Waals surface area (Å²) in [6.45, 7) is -0.0832. The van der Waals surface area contributed by atoms with Crippen molar-refractivity contribution < 1.29 is 22.3 Å². The molecule has 0 heterocycles. The lowest BCUT2D eigenvalue weighted by molar-refractivity contribution is 0.0500. The van der Waals surface area contributed by atoms with Gasteiger partial charge in [-0.1, -0.05) is 0 Å². The first-order chi connectivity index (χ1) is 8.29. The predicted molar refractivity (Wildman–Crippen MR) is 65.4 cm³/mol. The molecule has 1 aromatic carbocycles. The molecule has 0 fully saturated rings. The molecule has 0 unspecified atom stereocenters. The van der Waals surface area contributed by atoms with E-state index in [1.165, 1.54) is 12.1 Å². The van der Waals surface area contributed by atoms with Crippen LogP contribution in [0.3, 0.4) is 0 Å². The number of sulfone groups is 1. The van der Waals surface area contributed by atoms with E-state index in [0.29, 0.717) is 0 Å². The van der Waals surface area contributed by atoms with Gasteiger partial charge in [-0.25, -0.2) is 17.6 Å². The number of nitrogen functional groups attached to an aromatic ring is 1. The molecule has 0 aliphatic heterocycles. The van der Waals surface area contributed by atoms with E-state index >= 15 is 0 Å². The Morgan fingerprint density at radius 2 is 2.11 bits per heavy atom. The number of rotatable bonds is 5. The molecule has 0 atom stereocenters. The summed E-state index contributed by atoms with van der Waals surface area (Å²) in [5.74, 6) is -1.66. The van der Waals surface area contributed by atoms with Gasteiger partial charge in [0.25, 0.3) is 0 Å². The van der Waals surface area contributed by atoms with Gasteiger partial charge in [-0.15, -0.1) is 0 Å². The summed E-state index contributed by atoms with van der Waals surface area (Å²) < 4.78 is 39.7. The molecule has 0 bridgehead atoms. The fourth-order valence-electron chi connectivity index (χ4n) is 1.26. The minimum Gasteiger partial charge on any atom is -0.462 e. The van der Waals surface area contributed by atoms with Crippen molar-refractivity contribution in [3.05, 3.63) is 29.6 Å². The molecule has 0 radical (unpaired) electrons. The number of nitrogens with two attached hydrogens (primary N) is 1. The van der Waals surface area contributed by atoms with E-state index in [1.54, 1.807) is 0 Å². The van der Waals surface area contributed by atoms with Crippen LogP contribution in [-0.4, -0.2) is 33.0 Å². The molecule has 0 spiro atoms. The van der Waals surface area contributed by atoms with Gasteiger partial charge in [0.2, 0.25) is 0 Å². The van der Waals surface area contributed by atoms with E-state index in [2.05, 4.69) is 0 Å². The van der Waals surface area contributed by atoms with Gasteiger partial charge in [-0.2, -0.15) is 0 Å². The van der Waals surface area contributed by atoms with E-state index in [9.17, 15) is 17.6 Å². The van der Waals surface area contributed by atoms with Crippen molar-refractivity contribution in [2.75, 3.05) is 24.3 Å². The van der Waals surface area contributed by atoms with Crippen LogP contribution in [0.1, 0.15) is 16.8 Å². The topological polar surface area (TPSA) is 86.5 Å². The molecular weight excluding hydrogens is 261 g/mol. The molecule has 2 N–H and O–H groups in total. The zero-order valence-electron chi connectivity index (χ0n) is 9.85. The lowest BCUT2D eigenvalue weighted by atomic mass is 10.2. The highest BCUT2D eigenvalue weighted by molar-refractivity contribution is 7.90. The third kappa shape index (κ3) is 4.70. The monoisotopic (exact) mass is 275 g/mol. The summed E-state index contributed by atoms with van der Waals surface area (Å²) in [5.41, 5.74) is 5.42. The van der Waals surface area contributed by atoms with Crippen molar-refractivity contribution >= 4 is 21.5 Å². The van der Waals surface area contributed by atoms with Crippen LogP contribution in [-0.2, 0) is 14.6 Å². The maximum absolute atomic E-state index is 13.3. The molecule has 100 valence electrons. The van der Waals surface area contributed by atoms with Crippen molar-refractivity contribution in [2.24, 2.45) is 0 Å². The molecule has 0 aliphatic carbocycles. The third-order valence-electron chi connectivity index (χ3n) is 2.10. The summed E-state index contributed by atoms with van der Waals surface area (Å²) in [7, 11) is -3.09. The van der Waals surface area contributed by atoms with Gasteiger partial charge < -0.3 is 10.5 Å². The highest BCUT2D eigenvalue weighted by atomic mass is 32.2. The van der Waals surface area contributed by atoms with Crippen LogP contribution >= 0.6 is 0 Å². The largest absolute Gasteiger partial charge is 0.462 e. The molecule has 0 amide bonds. The van der Waals surface area contributed by atoms with E-state index in [4.69, 9.17) is 10.5 Å². The minimum atomic E-state index is -3.09. The maximum Gasteiger partial charge on any atom is 0.341 e. The fourth-order valence-corrected chi connectivity index (χ4v) is 1.91. The number of ether oxygens (including phenoxy) is 1. The Hall–Kier alpha value is -1.63. The van der Waals surface area contributed by atoms with Gasteiger partial charge in [0.05, 0.1) is 17.9 Å². The second-order valence-electron chi connectivity index (χ2n) is 3.86. The maximum atomic E-state index is 13.3. The average molecular weight is 275 g/mol. The van der Waals surface area contributed by atoms with Crippen LogP contribution in [0, 0.1) is 5.82 Å². The quantitative estimate of drug-likeness (QED) is 0.492. The van der Waals surface area contributed by atoms with E-state index in [-0.39, 0.29) is 30.0 Å². The first-order valence-electron chi connectivity index (χ1n) is 5.19. The highest BCUT2D eigenvalue weighted by Gasteiger charge is 2.13. The lowest BCUT2D eigenvalue weighted by Crippen LogP contribution is -2.12. The molecule has 5 nitrogen and oxygen atoms in total. The number of hydrogen-bond donors (Lipinski definition) is 1. The second kappa shape index (κ2) is 5.81. The van der Waals surface area contributed by atoms with Crippen molar-refractivity contribution in [3.63, 3.8) is 0 Å². The Kier molecular flexibility index (Phi) is 4.66. The summed E-state index contributed by atoms with van der Waals surface area (Å²) >= 11 is 0. The number of benzene rings is 1. The van der Waals surface area contributed by atoms with Crippen molar-refractivity contribution in [1.29, 1.82) is 0 Å². The molecule has 1 rings (SSSR count). The van der Waals surface area contributed by atoms with Crippen LogP contribution in [0.15, 0.2) is 18.2 Å². The Labute approximate surface area is 105 Å². The minimum absolute atomic E-state index is 0.0832. The van der Waals surface area contributed by atoms with E-state index < -0.39 is 21.6 Å². The SMILES string of the molecule is CS(=O)(=O)CCCOC(=O)c1cc(N)ccc1F. The second-order valence-corrected chi connectivity index (χ2v) is 6.12. The summed E-state index contributed by atoms with van der Waals surface area (Å²) in [4.78, 5) is 11.5. The molecule has 0 aromatic heterocycles. The molecule has 1 aromatic rings. The van der Waals surface area contributed by atoms with Crippen LogP contribution < -0.4 is 5.73 Å². The summed E-state index contributed by atoms with van der Waals surface area (Å²) in [5, 5.41) is 0. The lowest BCUT2D eigenvalue weighted by Gasteiger charge is -2.06. The standard InChI is InChI=1S/C11H14FNO4S/c1-18(15,16)6-2-5-17-11(14)9-7-8(13)3-4-10(9)12/h3-4,7H,2,5-6,13H2,1H3. The Morgan fingerprint density at radius 1 is 1.44 bits per heavy atom. The van der Waals surface area contributed by atoms with Crippen LogP contribution in [0.25, 0.3) is 0 Å². The smallest absolute Gasteiger partial charge is 0.341 e. The Morgan fingerprint density at radius 3 is 2.72 bits per heavy atom. The summed E-state index contributed by atoms with van der Waals surface area (Å²) in [6.07, 6.45) is 1.26. The molecular formula is C11H14FNO4S. The van der Waals surface area contributed by atoms with Crippen LogP contribution in [0.5, 0.6) is 0 Å². The van der Waals surface area contributed by atoms with Gasteiger partial charge in [-0.3, -0.25) is 0 Å². The number of hydrogen-bond acceptors (Lipinski definition) is 5. The molecule has 0 saturated heterocycles. The van der Waals surface area contributed by atoms with Crippen molar-refractivity contribution in [3.8, 4) is 0 Å². The number of carbonyl (C=O) groups is 1. The van der Waals surface area contributed by atoms with E-state index in [0.717, 1.165) is 12.3 Å². The van der Waals surface area contributed by atoms with Gasteiger partial charge in [0.15, 0.2) is 0 Å². The fraction of sp³-hybridized carbons (Fsp3) is 0.364. The van der Waals surface area contributed by atoms with Gasteiger partial charge in [0.1, 0.15) is 15.7 Å². The predicted octanol–water partition coefficient (Wildman–Crippen LogP) is 0.999. The van der Waals surface area contributed by atoms with Gasteiger partial charge >= 0.3 is 5.97 Å². The molecule has 7 heteroatoms. The highest BCUT2D eigenvalue weighted by Crippen LogP contribution is 2.13. The molecule has 18 heavy (non-hydrogen) atoms. The molecule has 0 aliphatic rings. The van der Waals surface area contributed by atoms with Crippen molar-refractivity contribution in [2.45, 2.75) is 6.42 Å². The normalized spacial score (nSPS) is 11.2. The average Bonchev–Trinajstić information content (AvgIpc) is 2.26. The van der Waals surface area contributed by atoms with Gasteiger partial charge in [0, 0.05) is 11.9 Å². The van der Waals surface area contributed by atoms with Crippen LogP contribution in [0.2, 0.25) is 0 Å². The Balaban J connectivity index is 2.53. The Bertz CT molecular complexity index is 542. The van der Waals surface area contributed by atoms with E-state index in [1.807, 2.05) is 0 Å². The zero-order chi connectivity index (χ0) is 13.8. The van der Waals surface area contributed by atoms with Crippen molar-refractivity contribution in [1.82, 2.24) is 0 Å². The first-order valence-corrected chi connectivity index (χ1v) is 7.25. The molecule has 0 saturated carbocycles. The number of halogens is 1. The zero-order valence-corrected chi connectivity index (χ0v) is 10.7. The van der Waals surface area contributed by atoms with Gasteiger partial charge in [-0.05, 0) is 24.6 Å². The van der Waals surface area contributed by atoms with Crippen LogP contribution in [0.4, 0.5) is 10.1 Å². The third-order valence-corrected chi connectivity index (χ3v) is 3.13.